The molecule has 0 rings (SSSR count). The second-order valence-electron chi connectivity index (χ2n) is 2.20. The summed E-state index contributed by atoms with van der Waals surface area (Å²) in [6.07, 6.45) is 6.38. The van der Waals surface area contributed by atoms with E-state index in [9.17, 15) is 0 Å². The van der Waals surface area contributed by atoms with Crippen LogP contribution in [0, 0.1) is 0 Å². The summed E-state index contributed by atoms with van der Waals surface area (Å²) in [5.41, 5.74) is 0. The molecule has 0 radical (unpaired) electrons. The number of ether oxygens (including phenoxy) is 1. The van der Waals surface area contributed by atoms with E-state index in [2.05, 4.69) is 13.8 Å². The average molecular weight is 128 g/mol. The van der Waals surface area contributed by atoms with Crippen LogP contribution < -0.4 is 0 Å². The smallest absolute Gasteiger partial charge is 0.0950 e. The molecule has 0 aromatic rings. The second kappa shape index (κ2) is 5.67. The lowest BCUT2D eigenvalue weighted by Gasteiger charge is -2.07. The number of hydrogen-bond acceptors (Lipinski definition) is 1. The summed E-state index contributed by atoms with van der Waals surface area (Å²) in [5, 5.41) is 0. The summed E-state index contributed by atoms with van der Waals surface area (Å²) in [5.74, 6) is 0. The lowest BCUT2D eigenvalue weighted by molar-refractivity contribution is 0.151. The number of hydrogen-bond donors (Lipinski definition) is 0. The highest BCUT2D eigenvalue weighted by molar-refractivity contribution is 4.67. The highest BCUT2D eigenvalue weighted by Crippen LogP contribution is 2.00. The van der Waals surface area contributed by atoms with Crippen LogP contribution in [-0.4, -0.2) is 6.10 Å². The van der Waals surface area contributed by atoms with E-state index in [4.69, 9.17) is 4.74 Å². The van der Waals surface area contributed by atoms with E-state index < -0.39 is 0 Å². The van der Waals surface area contributed by atoms with Gasteiger partial charge in [0.1, 0.15) is 0 Å². The molecule has 0 aliphatic rings. The van der Waals surface area contributed by atoms with Gasteiger partial charge in [-0.05, 0) is 20.3 Å². The third-order valence-corrected chi connectivity index (χ3v) is 1.14. The van der Waals surface area contributed by atoms with Crippen LogP contribution in [0.5, 0.6) is 0 Å². The van der Waals surface area contributed by atoms with Crippen LogP contribution in [0.2, 0.25) is 0 Å². The van der Waals surface area contributed by atoms with Crippen LogP contribution in [0.15, 0.2) is 12.3 Å². The van der Waals surface area contributed by atoms with E-state index in [1.54, 1.807) is 6.26 Å². The molecule has 0 saturated heterocycles. The van der Waals surface area contributed by atoms with Crippen LogP contribution in [0.25, 0.3) is 0 Å². The number of rotatable bonds is 4. The van der Waals surface area contributed by atoms with E-state index in [0.29, 0.717) is 6.10 Å². The van der Waals surface area contributed by atoms with E-state index in [-0.39, 0.29) is 0 Å². The Balaban J connectivity index is 3.15. The van der Waals surface area contributed by atoms with Gasteiger partial charge in [-0.2, -0.15) is 0 Å². The highest BCUT2D eigenvalue weighted by atomic mass is 16.5. The molecule has 1 atom stereocenters. The van der Waals surface area contributed by atoms with Gasteiger partial charge in [0.2, 0.25) is 0 Å². The molecule has 0 fully saturated rings. The molecule has 1 heteroatoms. The molecule has 0 spiro atoms. The molecule has 0 bridgehead atoms. The van der Waals surface area contributed by atoms with Crippen molar-refractivity contribution in [2.75, 3.05) is 0 Å². The Morgan fingerprint density at radius 2 is 2.22 bits per heavy atom. The summed E-state index contributed by atoms with van der Waals surface area (Å²) in [7, 11) is 0. The predicted octanol–water partition coefficient (Wildman–Crippen LogP) is 2.73. The Bertz CT molecular complexity index is 76.6. The Hall–Kier alpha value is -0.460. The SMILES string of the molecule is CC=COC(C)CCC. The monoisotopic (exact) mass is 128 g/mol. The molecule has 0 N–H and O–H groups in total. The molecule has 0 amide bonds. The van der Waals surface area contributed by atoms with E-state index >= 15 is 0 Å². The standard InChI is InChI=1S/C8H16O/c1-4-6-8(3)9-7-5-2/h5,7-8H,4,6H2,1-3H3. The van der Waals surface area contributed by atoms with Crippen molar-refractivity contribution in [2.45, 2.75) is 39.7 Å². The van der Waals surface area contributed by atoms with Gasteiger partial charge in [-0.15, -0.1) is 0 Å². The Morgan fingerprint density at radius 1 is 1.56 bits per heavy atom. The molecule has 54 valence electrons. The van der Waals surface area contributed by atoms with Crippen molar-refractivity contribution in [1.29, 1.82) is 0 Å². The van der Waals surface area contributed by atoms with Crippen molar-refractivity contribution in [3.05, 3.63) is 12.3 Å². The average Bonchev–Trinajstić information content (AvgIpc) is 1.85. The Morgan fingerprint density at radius 3 is 2.67 bits per heavy atom. The van der Waals surface area contributed by atoms with Crippen LogP contribution in [0.3, 0.4) is 0 Å². The van der Waals surface area contributed by atoms with Gasteiger partial charge >= 0.3 is 0 Å². The van der Waals surface area contributed by atoms with Gasteiger partial charge in [0, 0.05) is 0 Å². The summed E-state index contributed by atoms with van der Waals surface area (Å²) in [6.45, 7) is 6.21. The van der Waals surface area contributed by atoms with E-state index in [1.165, 1.54) is 6.42 Å². The Labute approximate surface area is 57.7 Å². The lowest BCUT2D eigenvalue weighted by atomic mass is 10.2. The van der Waals surface area contributed by atoms with Gasteiger partial charge in [-0.3, -0.25) is 0 Å². The molecule has 1 nitrogen and oxygen atoms in total. The van der Waals surface area contributed by atoms with E-state index in [0.717, 1.165) is 6.42 Å². The third-order valence-electron chi connectivity index (χ3n) is 1.14. The van der Waals surface area contributed by atoms with Crippen molar-refractivity contribution in [2.24, 2.45) is 0 Å². The van der Waals surface area contributed by atoms with Crippen molar-refractivity contribution < 1.29 is 4.74 Å². The number of allylic oxidation sites excluding steroid dienone is 1. The maximum atomic E-state index is 5.25. The first-order valence-corrected chi connectivity index (χ1v) is 3.57. The normalized spacial score (nSPS) is 14.1. The van der Waals surface area contributed by atoms with Gasteiger partial charge in [-0.1, -0.05) is 19.4 Å². The largest absolute Gasteiger partial charge is 0.499 e. The second-order valence-corrected chi connectivity index (χ2v) is 2.20. The third kappa shape index (κ3) is 5.41. The fourth-order valence-corrected chi connectivity index (χ4v) is 0.687. The van der Waals surface area contributed by atoms with Crippen LogP contribution in [0.4, 0.5) is 0 Å². The van der Waals surface area contributed by atoms with Gasteiger partial charge < -0.3 is 4.74 Å². The molecule has 0 aromatic heterocycles. The molecular formula is C8H16O. The van der Waals surface area contributed by atoms with Gasteiger partial charge in [-0.25, -0.2) is 0 Å². The topological polar surface area (TPSA) is 9.23 Å². The maximum Gasteiger partial charge on any atom is 0.0950 e. The zero-order chi connectivity index (χ0) is 7.11. The van der Waals surface area contributed by atoms with Gasteiger partial charge in [0.25, 0.3) is 0 Å². The molecule has 0 saturated carbocycles. The van der Waals surface area contributed by atoms with Crippen LogP contribution >= 0.6 is 0 Å². The fourth-order valence-electron chi connectivity index (χ4n) is 0.687. The van der Waals surface area contributed by atoms with Crippen molar-refractivity contribution in [3.8, 4) is 0 Å². The molecule has 0 aromatic carbocycles. The van der Waals surface area contributed by atoms with Crippen LogP contribution in [-0.2, 0) is 4.74 Å². The maximum absolute atomic E-state index is 5.25. The Kier molecular flexibility index (Phi) is 5.38. The fraction of sp³-hybridized carbons (Fsp3) is 0.750. The van der Waals surface area contributed by atoms with Crippen molar-refractivity contribution in [1.82, 2.24) is 0 Å². The minimum absolute atomic E-state index is 0.381. The zero-order valence-electron chi connectivity index (χ0n) is 6.55. The summed E-state index contributed by atoms with van der Waals surface area (Å²) >= 11 is 0. The van der Waals surface area contributed by atoms with Gasteiger partial charge in [0.05, 0.1) is 12.4 Å². The first-order chi connectivity index (χ1) is 4.31. The minimum atomic E-state index is 0.381. The van der Waals surface area contributed by atoms with Crippen molar-refractivity contribution >= 4 is 0 Å². The molecule has 1 unspecified atom stereocenters. The summed E-state index contributed by atoms with van der Waals surface area (Å²) in [6, 6.07) is 0. The molecule has 0 heterocycles. The zero-order valence-corrected chi connectivity index (χ0v) is 6.55. The molecule has 0 aliphatic carbocycles. The predicted molar refractivity (Wildman–Crippen MR) is 40.3 cm³/mol. The first kappa shape index (κ1) is 8.54. The van der Waals surface area contributed by atoms with Crippen molar-refractivity contribution in [3.63, 3.8) is 0 Å². The first-order valence-electron chi connectivity index (χ1n) is 3.57. The molecular weight excluding hydrogens is 112 g/mol. The molecule has 9 heavy (non-hydrogen) atoms. The highest BCUT2D eigenvalue weighted by Gasteiger charge is 1.94. The quantitative estimate of drug-likeness (QED) is 0.529. The summed E-state index contributed by atoms with van der Waals surface area (Å²) < 4.78 is 5.25. The summed E-state index contributed by atoms with van der Waals surface area (Å²) in [4.78, 5) is 0. The van der Waals surface area contributed by atoms with Gasteiger partial charge in [0.15, 0.2) is 0 Å². The van der Waals surface area contributed by atoms with E-state index in [1.807, 2.05) is 13.0 Å². The van der Waals surface area contributed by atoms with Crippen LogP contribution in [0.1, 0.15) is 33.6 Å². The molecule has 0 aliphatic heterocycles. The minimum Gasteiger partial charge on any atom is -0.499 e. The lowest BCUT2D eigenvalue weighted by Crippen LogP contribution is -2.01.